The summed E-state index contributed by atoms with van der Waals surface area (Å²) < 4.78 is 17.4. The molecule has 0 aliphatic rings. The number of rotatable bonds is 7. The van der Waals surface area contributed by atoms with E-state index in [1.165, 1.54) is 0 Å². The summed E-state index contributed by atoms with van der Waals surface area (Å²) in [5.74, 6) is 2.69. The number of pyridine rings is 1. The summed E-state index contributed by atoms with van der Waals surface area (Å²) in [4.78, 5) is 8.65. The fraction of sp³-hybridized carbons (Fsp3) is 0.217. The average molecular weight is 374 g/mol. The van der Waals surface area contributed by atoms with Gasteiger partial charge in [0, 0.05) is 18.5 Å². The Morgan fingerprint density at radius 1 is 0.964 bits per heavy atom. The predicted octanol–water partition coefficient (Wildman–Crippen LogP) is 5.50. The first-order valence-electron chi connectivity index (χ1n) is 9.33. The highest BCUT2D eigenvalue weighted by atomic mass is 16.5. The number of hydrogen-bond donors (Lipinski definition) is 0. The second kappa shape index (κ2) is 8.13. The maximum Gasteiger partial charge on any atom is 0.228 e. The molecular formula is C23H22N2O3. The molecule has 0 unspecified atom stereocenters. The first-order chi connectivity index (χ1) is 13.7. The molecule has 0 aliphatic carbocycles. The lowest BCUT2D eigenvalue weighted by molar-refractivity contribution is 0.270. The van der Waals surface area contributed by atoms with Gasteiger partial charge < -0.3 is 13.9 Å². The van der Waals surface area contributed by atoms with Gasteiger partial charge in [-0.15, -0.1) is 0 Å². The zero-order valence-electron chi connectivity index (χ0n) is 16.0. The van der Waals surface area contributed by atoms with Gasteiger partial charge in [0.1, 0.15) is 23.6 Å². The molecule has 0 atom stereocenters. The van der Waals surface area contributed by atoms with E-state index in [0.29, 0.717) is 25.0 Å². The average Bonchev–Trinajstić information content (AvgIpc) is 3.15. The zero-order chi connectivity index (χ0) is 19.3. The van der Waals surface area contributed by atoms with Gasteiger partial charge in [-0.2, -0.15) is 0 Å². The van der Waals surface area contributed by atoms with E-state index in [0.717, 1.165) is 33.7 Å². The summed E-state index contributed by atoms with van der Waals surface area (Å²) in [5, 5.41) is 0. The van der Waals surface area contributed by atoms with Crippen LogP contribution in [0.25, 0.3) is 22.6 Å². The van der Waals surface area contributed by atoms with E-state index < -0.39 is 0 Å². The smallest absolute Gasteiger partial charge is 0.228 e. The summed E-state index contributed by atoms with van der Waals surface area (Å²) in [6.45, 7) is 5.46. The van der Waals surface area contributed by atoms with Gasteiger partial charge in [-0.05, 0) is 47.9 Å². The third-order valence-corrected chi connectivity index (χ3v) is 4.18. The summed E-state index contributed by atoms with van der Waals surface area (Å²) in [5.41, 5.74) is 3.40. The minimum absolute atomic E-state index is 0.475. The second-order valence-electron chi connectivity index (χ2n) is 7.03. The zero-order valence-corrected chi connectivity index (χ0v) is 16.0. The Kier molecular flexibility index (Phi) is 5.24. The van der Waals surface area contributed by atoms with Crippen molar-refractivity contribution >= 4 is 11.1 Å². The Bertz CT molecular complexity index is 1040. The monoisotopic (exact) mass is 374 g/mol. The lowest BCUT2D eigenvalue weighted by Gasteiger charge is -2.10. The number of fused-ring (bicyclic) bond motifs is 1. The number of hydrogen-bond acceptors (Lipinski definition) is 5. The maximum atomic E-state index is 5.92. The Hall–Kier alpha value is -3.34. The molecular weight excluding hydrogens is 352 g/mol. The van der Waals surface area contributed by atoms with Crippen LogP contribution in [0.2, 0.25) is 0 Å². The van der Waals surface area contributed by atoms with Crippen LogP contribution in [0.1, 0.15) is 19.4 Å². The highest BCUT2D eigenvalue weighted by Gasteiger charge is 2.09. The molecule has 2 heterocycles. The highest BCUT2D eigenvalue weighted by Crippen LogP contribution is 2.27. The minimum atomic E-state index is 0.475. The molecule has 0 fully saturated rings. The van der Waals surface area contributed by atoms with Crippen molar-refractivity contribution in [3.05, 3.63) is 72.6 Å². The number of benzene rings is 2. The number of oxazole rings is 1. The molecule has 2 aromatic carbocycles. The van der Waals surface area contributed by atoms with Crippen LogP contribution in [0, 0.1) is 5.92 Å². The molecule has 0 saturated heterocycles. The quantitative estimate of drug-likeness (QED) is 0.427. The van der Waals surface area contributed by atoms with Crippen molar-refractivity contribution in [3.8, 4) is 23.0 Å². The third kappa shape index (κ3) is 4.31. The fourth-order valence-electron chi connectivity index (χ4n) is 2.72. The largest absolute Gasteiger partial charge is 0.493 e. The summed E-state index contributed by atoms with van der Waals surface area (Å²) in [6.07, 6.45) is 3.46. The molecule has 0 aliphatic heterocycles. The lowest BCUT2D eigenvalue weighted by Crippen LogP contribution is -2.04. The molecule has 0 bridgehead atoms. The molecule has 5 nitrogen and oxygen atoms in total. The van der Waals surface area contributed by atoms with E-state index in [2.05, 4.69) is 23.8 Å². The van der Waals surface area contributed by atoms with Gasteiger partial charge in [0.05, 0.1) is 12.2 Å². The number of ether oxygens (including phenoxy) is 2. The molecule has 5 heteroatoms. The van der Waals surface area contributed by atoms with E-state index in [1.807, 2.05) is 54.6 Å². The van der Waals surface area contributed by atoms with Crippen LogP contribution in [0.5, 0.6) is 11.5 Å². The van der Waals surface area contributed by atoms with E-state index in [-0.39, 0.29) is 0 Å². The van der Waals surface area contributed by atoms with Crippen LogP contribution in [-0.2, 0) is 6.61 Å². The summed E-state index contributed by atoms with van der Waals surface area (Å²) in [6, 6.07) is 17.4. The molecule has 0 amide bonds. The van der Waals surface area contributed by atoms with Crippen LogP contribution < -0.4 is 9.47 Å². The first kappa shape index (κ1) is 18.0. The second-order valence-corrected chi connectivity index (χ2v) is 7.03. The van der Waals surface area contributed by atoms with Crippen LogP contribution in [0.15, 0.2) is 71.4 Å². The molecule has 4 rings (SSSR count). The van der Waals surface area contributed by atoms with Gasteiger partial charge in [0.15, 0.2) is 5.58 Å². The van der Waals surface area contributed by atoms with E-state index in [4.69, 9.17) is 13.9 Å². The van der Waals surface area contributed by atoms with Crippen LogP contribution in [0.4, 0.5) is 0 Å². The lowest BCUT2D eigenvalue weighted by atomic mass is 10.2. The Morgan fingerprint density at radius 3 is 2.54 bits per heavy atom. The first-order valence-corrected chi connectivity index (χ1v) is 9.33. The predicted molar refractivity (Wildman–Crippen MR) is 108 cm³/mol. The van der Waals surface area contributed by atoms with Crippen molar-refractivity contribution in [1.82, 2.24) is 9.97 Å². The Morgan fingerprint density at radius 2 is 1.79 bits per heavy atom. The van der Waals surface area contributed by atoms with Gasteiger partial charge in [0.25, 0.3) is 0 Å². The number of aromatic nitrogens is 2. The van der Waals surface area contributed by atoms with Crippen molar-refractivity contribution in [2.75, 3.05) is 6.61 Å². The van der Waals surface area contributed by atoms with Crippen molar-refractivity contribution in [1.29, 1.82) is 0 Å². The Balaban J connectivity index is 1.42. The molecule has 0 N–H and O–H groups in total. The molecule has 28 heavy (non-hydrogen) atoms. The molecule has 142 valence electrons. The third-order valence-electron chi connectivity index (χ3n) is 4.18. The molecule has 2 aromatic heterocycles. The van der Waals surface area contributed by atoms with Gasteiger partial charge in [-0.1, -0.05) is 26.0 Å². The summed E-state index contributed by atoms with van der Waals surface area (Å²) in [7, 11) is 0. The molecule has 0 spiro atoms. The standard InChI is InChI=1S/C23H22N2O3/c1-16(2)14-26-19-7-5-17(6-8-19)15-27-20-9-10-22-21(12-20)25-23(28-22)18-4-3-11-24-13-18/h3-13,16H,14-15H2,1-2H3. The van der Waals surface area contributed by atoms with Gasteiger partial charge in [-0.3, -0.25) is 4.98 Å². The van der Waals surface area contributed by atoms with E-state index in [1.54, 1.807) is 12.4 Å². The molecule has 4 aromatic rings. The normalized spacial score (nSPS) is 11.1. The van der Waals surface area contributed by atoms with E-state index >= 15 is 0 Å². The van der Waals surface area contributed by atoms with Crippen molar-refractivity contribution < 1.29 is 13.9 Å². The van der Waals surface area contributed by atoms with Gasteiger partial charge in [0.2, 0.25) is 5.89 Å². The maximum absolute atomic E-state index is 5.92. The topological polar surface area (TPSA) is 57.4 Å². The van der Waals surface area contributed by atoms with Gasteiger partial charge in [-0.25, -0.2) is 4.98 Å². The van der Waals surface area contributed by atoms with Crippen molar-refractivity contribution in [3.63, 3.8) is 0 Å². The Labute approximate surface area is 164 Å². The van der Waals surface area contributed by atoms with Crippen molar-refractivity contribution in [2.45, 2.75) is 20.5 Å². The fourth-order valence-corrected chi connectivity index (χ4v) is 2.72. The van der Waals surface area contributed by atoms with Crippen LogP contribution >= 0.6 is 0 Å². The molecule has 0 radical (unpaired) electrons. The highest BCUT2D eigenvalue weighted by molar-refractivity contribution is 5.77. The SMILES string of the molecule is CC(C)COc1ccc(COc2ccc3oc(-c4cccnc4)nc3c2)cc1. The van der Waals surface area contributed by atoms with Crippen LogP contribution in [-0.4, -0.2) is 16.6 Å². The number of nitrogens with zero attached hydrogens (tertiary/aromatic N) is 2. The van der Waals surface area contributed by atoms with E-state index in [9.17, 15) is 0 Å². The minimum Gasteiger partial charge on any atom is -0.493 e. The molecule has 0 saturated carbocycles. The van der Waals surface area contributed by atoms with Crippen molar-refractivity contribution in [2.24, 2.45) is 5.92 Å². The summed E-state index contributed by atoms with van der Waals surface area (Å²) >= 11 is 0. The van der Waals surface area contributed by atoms with Gasteiger partial charge >= 0.3 is 0 Å². The van der Waals surface area contributed by atoms with Crippen LogP contribution in [0.3, 0.4) is 0 Å².